The third-order valence-electron chi connectivity index (χ3n) is 2.75. The first-order valence-corrected chi connectivity index (χ1v) is 6.47. The standard InChI is InChI=1S/C15H15ClN2O2/c1-9-6-10(2)17-14(7-9)18-15(19)12-8-11(16)4-5-13(12)20-3/h4-8H,1-3H3,(H,17,18,19). The third-order valence-corrected chi connectivity index (χ3v) is 2.98. The predicted octanol–water partition coefficient (Wildman–Crippen LogP) is 3.61. The summed E-state index contributed by atoms with van der Waals surface area (Å²) < 4.78 is 5.17. The molecular weight excluding hydrogens is 276 g/mol. The van der Waals surface area contributed by atoms with E-state index in [1.54, 1.807) is 18.2 Å². The van der Waals surface area contributed by atoms with E-state index in [2.05, 4.69) is 10.3 Å². The second-order valence-corrected chi connectivity index (χ2v) is 4.91. The Hall–Kier alpha value is -2.07. The van der Waals surface area contributed by atoms with E-state index in [0.29, 0.717) is 22.2 Å². The highest BCUT2D eigenvalue weighted by Crippen LogP contribution is 2.23. The Bertz CT molecular complexity index is 636. The van der Waals surface area contributed by atoms with Crippen LogP contribution in [0.25, 0.3) is 0 Å². The number of aryl methyl sites for hydroxylation is 2. The minimum Gasteiger partial charge on any atom is -0.496 e. The Kier molecular flexibility index (Phi) is 4.25. The van der Waals surface area contributed by atoms with Gasteiger partial charge in [0.25, 0.3) is 5.91 Å². The van der Waals surface area contributed by atoms with Gasteiger partial charge in [-0.3, -0.25) is 4.79 Å². The number of aromatic nitrogens is 1. The summed E-state index contributed by atoms with van der Waals surface area (Å²) in [4.78, 5) is 16.6. The number of nitrogens with zero attached hydrogens (tertiary/aromatic N) is 1. The fourth-order valence-corrected chi connectivity index (χ4v) is 2.12. The van der Waals surface area contributed by atoms with Crippen LogP contribution >= 0.6 is 11.6 Å². The average molecular weight is 291 g/mol. The maximum Gasteiger partial charge on any atom is 0.260 e. The van der Waals surface area contributed by atoms with Crippen molar-refractivity contribution in [2.45, 2.75) is 13.8 Å². The molecule has 0 aliphatic rings. The summed E-state index contributed by atoms with van der Waals surface area (Å²) in [5.74, 6) is 0.674. The van der Waals surface area contributed by atoms with Crippen LogP contribution in [0.2, 0.25) is 5.02 Å². The Morgan fingerprint density at radius 2 is 2.00 bits per heavy atom. The number of amides is 1. The van der Waals surface area contributed by atoms with Gasteiger partial charge in [-0.1, -0.05) is 11.6 Å². The molecule has 0 aliphatic heterocycles. The molecule has 0 spiro atoms. The molecule has 1 aromatic heterocycles. The van der Waals surface area contributed by atoms with E-state index in [1.165, 1.54) is 7.11 Å². The summed E-state index contributed by atoms with van der Waals surface area (Å²) in [5.41, 5.74) is 2.25. The van der Waals surface area contributed by atoms with Crippen molar-refractivity contribution < 1.29 is 9.53 Å². The quantitative estimate of drug-likeness (QED) is 0.939. The van der Waals surface area contributed by atoms with Crippen LogP contribution in [-0.2, 0) is 0 Å². The van der Waals surface area contributed by atoms with Gasteiger partial charge >= 0.3 is 0 Å². The molecule has 2 aromatic rings. The molecule has 5 heteroatoms. The number of carbonyl (C=O) groups is 1. The zero-order valence-electron chi connectivity index (χ0n) is 11.5. The Morgan fingerprint density at radius 3 is 2.65 bits per heavy atom. The molecule has 0 saturated heterocycles. The maximum atomic E-state index is 12.3. The van der Waals surface area contributed by atoms with E-state index in [9.17, 15) is 4.79 Å². The summed E-state index contributed by atoms with van der Waals surface area (Å²) in [6.07, 6.45) is 0. The van der Waals surface area contributed by atoms with E-state index in [0.717, 1.165) is 11.3 Å². The highest BCUT2D eigenvalue weighted by atomic mass is 35.5. The zero-order chi connectivity index (χ0) is 14.7. The minimum atomic E-state index is -0.304. The second-order valence-electron chi connectivity index (χ2n) is 4.47. The largest absolute Gasteiger partial charge is 0.496 e. The van der Waals surface area contributed by atoms with Gasteiger partial charge in [0.15, 0.2) is 0 Å². The SMILES string of the molecule is COc1ccc(Cl)cc1C(=O)Nc1cc(C)cc(C)n1. The van der Waals surface area contributed by atoms with Crippen molar-refractivity contribution in [1.82, 2.24) is 4.98 Å². The second kappa shape index (κ2) is 5.92. The number of hydrogen-bond acceptors (Lipinski definition) is 3. The molecule has 0 radical (unpaired) electrons. The molecule has 0 atom stereocenters. The molecule has 0 bridgehead atoms. The number of benzene rings is 1. The summed E-state index contributed by atoms with van der Waals surface area (Å²) in [6.45, 7) is 3.83. The Labute approximate surface area is 122 Å². The van der Waals surface area contributed by atoms with Gasteiger partial charge < -0.3 is 10.1 Å². The number of rotatable bonds is 3. The van der Waals surface area contributed by atoms with Crippen LogP contribution in [0.1, 0.15) is 21.6 Å². The molecule has 2 rings (SSSR count). The zero-order valence-corrected chi connectivity index (χ0v) is 12.3. The van der Waals surface area contributed by atoms with Gasteiger partial charge in [-0.15, -0.1) is 0 Å². The summed E-state index contributed by atoms with van der Waals surface area (Å²) in [6, 6.07) is 8.65. The van der Waals surface area contributed by atoms with Crippen molar-refractivity contribution in [2.75, 3.05) is 12.4 Å². The van der Waals surface area contributed by atoms with Gasteiger partial charge in [0.05, 0.1) is 12.7 Å². The van der Waals surface area contributed by atoms with Crippen molar-refractivity contribution in [3.8, 4) is 5.75 Å². The first-order chi connectivity index (χ1) is 9.49. The molecule has 4 nitrogen and oxygen atoms in total. The van der Waals surface area contributed by atoms with Crippen LogP contribution in [0.3, 0.4) is 0 Å². The summed E-state index contributed by atoms with van der Waals surface area (Å²) in [7, 11) is 1.51. The topological polar surface area (TPSA) is 51.2 Å². The van der Waals surface area contributed by atoms with Gasteiger partial charge in [-0.25, -0.2) is 4.98 Å². The van der Waals surface area contributed by atoms with Crippen molar-refractivity contribution >= 4 is 23.3 Å². The number of halogens is 1. The minimum absolute atomic E-state index is 0.304. The van der Waals surface area contributed by atoms with Gasteiger partial charge in [-0.05, 0) is 49.7 Å². The number of ether oxygens (including phenoxy) is 1. The number of methoxy groups -OCH3 is 1. The van der Waals surface area contributed by atoms with Crippen molar-refractivity contribution in [3.63, 3.8) is 0 Å². The van der Waals surface area contributed by atoms with E-state index in [1.807, 2.05) is 26.0 Å². The lowest BCUT2D eigenvalue weighted by atomic mass is 10.2. The number of carbonyl (C=O) groups excluding carboxylic acids is 1. The molecule has 0 saturated carbocycles. The molecule has 20 heavy (non-hydrogen) atoms. The maximum absolute atomic E-state index is 12.3. The van der Waals surface area contributed by atoms with Gasteiger partial charge in [0.1, 0.15) is 11.6 Å². The van der Waals surface area contributed by atoms with Gasteiger partial charge in [-0.2, -0.15) is 0 Å². The molecular formula is C15H15ClN2O2. The van der Waals surface area contributed by atoms with E-state index < -0.39 is 0 Å². The molecule has 1 N–H and O–H groups in total. The summed E-state index contributed by atoms with van der Waals surface area (Å²) >= 11 is 5.92. The fourth-order valence-electron chi connectivity index (χ4n) is 1.95. The molecule has 0 aliphatic carbocycles. The molecule has 0 fully saturated rings. The van der Waals surface area contributed by atoms with Crippen LogP contribution in [0.15, 0.2) is 30.3 Å². The molecule has 1 heterocycles. The Balaban J connectivity index is 2.30. The fraction of sp³-hybridized carbons (Fsp3) is 0.200. The van der Waals surface area contributed by atoms with Crippen LogP contribution in [0, 0.1) is 13.8 Å². The number of hydrogen-bond donors (Lipinski definition) is 1. The number of nitrogens with one attached hydrogen (secondary N) is 1. The van der Waals surface area contributed by atoms with Crippen LogP contribution in [0.4, 0.5) is 5.82 Å². The molecule has 1 amide bonds. The highest BCUT2D eigenvalue weighted by Gasteiger charge is 2.14. The van der Waals surface area contributed by atoms with E-state index in [4.69, 9.17) is 16.3 Å². The molecule has 104 valence electrons. The molecule has 0 unspecified atom stereocenters. The van der Waals surface area contributed by atoms with Crippen LogP contribution in [-0.4, -0.2) is 18.0 Å². The smallest absolute Gasteiger partial charge is 0.260 e. The monoisotopic (exact) mass is 290 g/mol. The van der Waals surface area contributed by atoms with Crippen molar-refractivity contribution in [1.29, 1.82) is 0 Å². The average Bonchev–Trinajstić information content (AvgIpc) is 2.37. The van der Waals surface area contributed by atoms with Gasteiger partial charge in [0.2, 0.25) is 0 Å². The third kappa shape index (κ3) is 3.27. The predicted molar refractivity (Wildman–Crippen MR) is 79.7 cm³/mol. The van der Waals surface area contributed by atoms with Crippen molar-refractivity contribution in [3.05, 3.63) is 52.2 Å². The summed E-state index contributed by atoms with van der Waals surface area (Å²) in [5, 5.41) is 3.23. The number of anilines is 1. The number of pyridine rings is 1. The lowest BCUT2D eigenvalue weighted by molar-refractivity contribution is 0.102. The lowest BCUT2D eigenvalue weighted by Crippen LogP contribution is -2.14. The van der Waals surface area contributed by atoms with Crippen LogP contribution in [0.5, 0.6) is 5.75 Å². The molecule has 1 aromatic carbocycles. The Morgan fingerprint density at radius 1 is 1.25 bits per heavy atom. The normalized spacial score (nSPS) is 10.2. The van der Waals surface area contributed by atoms with Crippen molar-refractivity contribution in [2.24, 2.45) is 0 Å². The lowest BCUT2D eigenvalue weighted by Gasteiger charge is -2.10. The van der Waals surface area contributed by atoms with E-state index in [-0.39, 0.29) is 5.91 Å². The first kappa shape index (κ1) is 14.3. The van der Waals surface area contributed by atoms with Crippen LogP contribution < -0.4 is 10.1 Å². The highest BCUT2D eigenvalue weighted by molar-refractivity contribution is 6.31. The first-order valence-electron chi connectivity index (χ1n) is 6.10. The van der Waals surface area contributed by atoms with E-state index >= 15 is 0 Å². The van der Waals surface area contributed by atoms with Gasteiger partial charge in [0, 0.05) is 10.7 Å².